The molecule has 0 saturated heterocycles. The average molecular weight is 457 g/mol. The predicted molar refractivity (Wildman–Crippen MR) is 98.7 cm³/mol. The molecule has 0 amide bonds. The van der Waals surface area contributed by atoms with Crippen LogP contribution in [0.15, 0.2) is 43.4 Å². The number of halogens is 3. The first-order chi connectivity index (χ1) is 14.8. The van der Waals surface area contributed by atoms with Crippen molar-refractivity contribution in [3.05, 3.63) is 72.1 Å². The van der Waals surface area contributed by atoms with E-state index in [2.05, 4.69) is 20.1 Å². The Morgan fingerprint density at radius 2 is 2.00 bits per heavy atom. The van der Waals surface area contributed by atoms with Gasteiger partial charge in [-0.25, -0.2) is 32.8 Å². The first-order valence-corrected chi connectivity index (χ1v) is 9.40. The molecular weight excluding hydrogens is 438 g/mol. The van der Waals surface area contributed by atoms with Gasteiger partial charge >= 0.3 is 29.6 Å². The maximum atomic E-state index is 15.0. The van der Waals surface area contributed by atoms with Gasteiger partial charge in [0, 0.05) is 30.1 Å². The van der Waals surface area contributed by atoms with Crippen LogP contribution in [0, 0.1) is 17.5 Å². The van der Waals surface area contributed by atoms with Crippen LogP contribution in [0.4, 0.5) is 13.2 Å². The number of ether oxygens (including phenoxy) is 1. The summed E-state index contributed by atoms with van der Waals surface area (Å²) in [6.45, 7) is 1.31. The first kappa shape index (κ1) is 25.9. The molecule has 3 aromatic rings. The van der Waals surface area contributed by atoms with Gasteiger partial charge in [-0.15, -0.1) is 0 Å². The Labute approximate surface area is 204 Å². The molecule has 12 heteroatoms. The van der Waals surface area contributed by atoms with E-state index in [-0.39, 0.29) is 66.8 Å². The molecule has 0 saturated carbocycles. The van der Waals surface area contributed by atoms with Gasteiger partial charge in [-0.05, 0) is 18.9 Å². The number of aliphatic carboxylic acids is 1. The Morgan fingerprint density at radius 3 is 2.62 bits per heavy atom. The van der Waals surface area contributed by atoms with E-state index in [0.717, 1.165) is 18.6 Å². The zero-order chi connectivity index (χ0) is 22.4. The second-order valence-corrected chi connectivity index (χ2v) is 6.91. The maximum absolute atomic E-state index is 15.0. The Morgan fingerprint density at radius 1 is 1.22 bits per heavy atom. The number of rotatable bonds is 10. The van der Waals surface area contributed by atoms with Gasteiger partial charge in [0.1, 0.15) is 36.2 Å². The van der Waals surface area contributed by atoms with Crippen molar-refractivity contribution >= 4 is 5.97 Å². The molecule has 1 aromatic carbocycles. The summed E-state index contributed by atoms with van der Waals surface area (Å²) >= 11 is 0. The summed E-state index contributed by atoms with van der Waals surface area (Å²) < 4.78 is 50.6. The molecule has 8 nitrogen and oxygen atoms in total. The number of benzene rings is 1. The molecule has 0 radical (unpaired) electrons. The number of hydrogen-bond acceptors (Lipinski definition) is 7. The fraction of sp³-hybridized carbons (Fsp3) is 0.350. The van der Waals surface area contributed by atoms with Gasteiger partial charge in [-0.2, -0.15) is 5.10 Å². The molecule has 164 valence electrons. The summed E-state index contributed by atoms with van der Waals surface area (Å²) in [6, 6.07) is 2.96. The summed E-state index contributed by atoms with van der Waals surface area (Å²) in [6.07, 6.45) is 4.51. The van der Waals surface area contributed by atoms with Crippen molar-refractivity contribution in [1.29, 1.82) is 0 Å². The van der Waals surface area contributed by atoms with E-state index in [0.29, 0.717) is 6.07 Å². The van der Waals surface area contributed by atoms with Crippen LogP contribution in [-0.2, 0) is 21.7 Å². The third-order valence-electron chi connectivity index (χ3n) is 4.94. The largest absolute Gasteiger partial charge is 1.00 e. The fourth-order valence-corrected chi connectivity index (χ4v) is 3.42. The zero-order valence-electron chi connectivity index (χ0n) is 17.5. The zero-order valence-corrected chi connectivity index (χ0v) is 19.5. The molecule has 32 heavy (non-hydrogen) atoms. The van der Waals surface area contributed by atoms with Crippen molar-refractivity contribution in [1.82, 2.24) is 24.7 Å². The molecule has 0 aliphatic heterocycles. The summed E-state index contributed by atoms with van der Waals surface area (Å²) in [5.41, 5.74) is -1.76. The van der Waals surface area contributed by atoms with E-state index in [1.807, 2.05) is 0 Å². The summed E-state index contributed by atoms with van der Waals surface area (Å²) in [5, 5.41) is 14.8. The Kier molecular flexibility index (Phi) is 9.32. The Balaban J connectivity index is 0.00000363. The smallest absolute Gasteiger partial charge is 0.550 e. The van der Waals surface area contributed by atoms with Crippen LogP contribution < -0.4 is 34.7 Å². The second kappa shape index (κ2) is 11.5. The first-order valence-electron chi connectivity index (χ1n) is 9.40. The van der Waals surface area contributed by atoms with Crippen LogP contribution in [0.25, 0.3) is 0 Å². The summed E-state index contributed by atoms with van der Waals surface area (Å²) in [7, 11) is 0. The van der Waals surface area contributed by atoms with E-state index in [9.17, 15) is 23.1 Å². The number of nitrogens with zero attached hydrogens (tertiary/aromatic N) is 5. The normalized spacial score (nSPS) is 13.8. The van der Waals surface area contributed by atoms with Crippen LogP contribution in [-0.4, -0.2) is 37.3 Å². The van der Waals surface area contributed by atoms with Gasteiger partial charge in [0.15, 0.2) is 5.82 Å². The monoisotopic (exact) mass is 457 g/mol. The van der Waals surface area contributed by atoms with Gasteiger partial charge in [-0.3, -0.25) is 0 Å². The SMILES string of the molecule is C[C@@H](c1ncncc1F)[C@@](Cn1cncn1)(OCCCC(=O)[O-])c1ccc(F)cc1F.[Na+]. The van der Waals surface area contributed by atoms with Crippen molar-refractivity contribution < 1.29 is 57.4 Å². The van der Waals surface area contributed by atoms with Crippen LogP contribution >= 0.6 is 0 Å². The van der Waals surface area contributed by atoms with Gasteiger partial charge in [0.05, 0.1) is 18.4 Å². The number of carbonyl (C=O) groups is 1. The van der Waals surface area contributed by atoms with E-state index in [1.54, 1.807) is 6.92 Å². The number of carboxylic acids is 1. The van der Waals surface area contributed by atoms with Gasteiger partial charge < -0.3 is 14.6 Å². The number of carboxylic acid groups (broad SMARTS) is 1. The minimum atomic E-state index is -1.63. The van der Waals surface area contributed by atoms with Gasteiger partial charge in [0.25, 0.3) is 0 Å². The maximum Gasteiger partial charge on any atom is 1.00 e. The van der Waals surface area contributed by atoms with E-state index < -0.39 is 34.9 Å². The second-order valence-electron chi connectivity index (χ2n) is 6.91. The minimum Gasteiger partial charge on any atom is -0.550 e. The average Bonchev–Trinajstić information content (AvgIpc) is 3.23. The van der Waals surface area contributed by atoms with E-state index in [1.165, 1.54) is 23.4 Å². The van der Waals surface area contributed by atoms with Crippen molar-refractivity contribution in [2.24, 2.45) is 0 Å². The van der Waals surface area contributed by atoms with Crippen LogP contribution in [0.2, 0.25) is 0 Å². The van der Waals surface area contributed by atoms with Crippen molar-refractivity contribution in [3.8, 4) is 0 Å². The van der Waals surface area contributed by atoms with Crippen LogP contribution in [0.1, 0.15) is 36.9 Å². The topological polar surface area (TPSA) is 106 Å². The van der Waals surface area contributed by atoms with Crippen molar-refractivity contribution in [2.45, 2.75) is 37.8 Å². The minimum absolute atomic E-state index is 0. The molecule has 0 N–H and O–H groups in total. The Hall–Kier alpha value is -2.34. The Bertz CT molecular complexity index is 1040. The number of aromatic nitrogens is 5. The molecule has 0 bridgehead atoms. The third kappa shape index (κ3) is 5.91. The summed E-state index contributed by atoms with van der Waals surface area (Å²) in [5.74, 6) is -4.63. The van der Waals surface area contributed by atoms with E-state index >= 15 is 0 Å². The molecule has 2 heterocycles. The molecule has 0 spiro atoms. The third-order valence-corrected chi connectivity index (χ3v) is 4.94. The quantitative estimate of drug-likeness (QED) is 0.276. The van der Waals surface area contributed by atoms with Crippen LogP contribution in [0.5, 0.6) is 0 Å². The molecule has 3 rings (SSSR count). The fourth-order valence-electron chi connectivity index (χ4n) is 3.42. The molecular formula is C20H19F3N5NaO3. The molecule has 0 fully saturated rings. The molecule has 2 atom stereocenters. The molecule has 0 unspecified atom stereocenters. The molecule has 0 aliphatic carbocycles. The van der Waals surface area contributed by atoms with Crippen molar-refractivity contribution in [3.63, 3.8) is 0 Å². The summed E-state index contributed by atoms with van der Waals surface area (Å²) in [4.78, 5) is 22.3. The van der Waals surface area contributed by atoms with Crippen molar-refractivity contribution in [2.75, 3.05) is 6.61 Å². The molecule has 0 aliphatic rings. The number of carbonyl (C=O) groups excluding carboxylic acids is 1. The standard InChI is InChI=1S/C20H20F3N5O3.Na/c1-13(19-17(23)8-24-10-26-19)20(9-28-12-25-11-27-28,31-6-2-3-18(29)30)15-5-4-14(21)7-16(15)22;/h4-5,7-8,10-13H,2-3,6,9H2,1H3,(H,29,30);/q;+1/p-1/t13-,20+;/m0./s1. The van der Waals surface area contributed by atoms with E-state index in [4.69, 9.17) is 4.74 Å². The van der Waals surface area contributed by atoms with Gasteiger partial charge in [0.2, 0.25) is 0 Å². The molecule has 2 aromatic heterocycles. The number of hydrogen-bond donors (Lipinski definition) is 0. The van der Waals surface area contributed by atoms with Crippen LogP contribution in [0.3, 0.4) is 0 Å². The predicted octanol–water partition coefficient (Wildman–Crippen LogP) is -1.26. The van der Waals surface area contributed by atoms with Gasteiger partial charge in [-0.1, -0.05) is 13.0 Å².